The summed E-state index contributed by atoms with van der Waals surface area (Å²) in [6, 6.07) is 2.15. The lowest BCUT2D eigenvalue weighted by Crippen LogP contribution is -2.10. The van der Waals surface area contributed by atoms with Gasteiger partial charge < -0.3 is 0 Å². The van der Waals surface area contributed by atoms with Crippen molar-refractivity contribution in [2.24, 2.45) is 5.41 Å². The quantitative estimate of drug-likeness (QED) is 0.519. The molecule has 0 saturated heterocycles. The fraction of sp³-hybridized carbons (Fsp3) is 0.692. The molecular formula is C13H21NO4S. The Kier molecular flexibility index (Phi) is 7.57. The van der Waals surface area contributed by atoms with Gasteiger partial charge in [0, 0.05) is 12.8 Å². The van der Waals surface area contributed by atoms with Crippen molar-refractivity contribution in [2.75, 3.05) is 0 Å². The molecule has 0 amide bonds. The molecule has 0 aromatic heterocycles. The number of hydrogen-bond acceptors (Lipinski definition) is 4. The Hall–Kier alpha value is -1.19. The Balaban J connectivity index is 3.72. The summed E-state index contributed by atoms with van der Waals surface area (Å²) in [5.41, 5.74) is -0.464. The SMILES string of the molecule is CC(C)(C#N)CCC(=O)CCCC/C=C/S(=O)(=O)O. The number of carbonyl (C=O) groups is 1. The number of carbonyl (C=O) groups excluding carboxylic acids is 1. The third-order valence-corrected chi connectivity index (χ3v) is 3.21. The lowest BCUT2D eigenvalue weighted by atomic mass is 9.88. The molecule has 0 heterocycles. The second-order valence-electron chi connectivity index (χ2n) is 5.17. The van der Waals surface area contributed by atoms with E-state index in [1.165, 1.54) is 6.08 Å². The average molecular weight is 287 g/mol. The molecule has 19 heavy (non-hydrogen) atoms. The molecule has 0 radical (unpaired) electrons. The van der Waals surface area contributed by atoms with E-state index in [1.54, 1.807) is 13.8 Å². The molecule has 0 fully saturated rings. The monoisotopic (exact) mass is 287 g/mol. The molecule has 0 aliphatic carbocycles. The molecule has 0 bridgehead atoms. The van der Waals surface area contributed by atoms with Crippen molar-refractivity contribution < 1.29 is 17.8 Å². The second kappa shape index (κ2) is 8.08. The molecule has 0 aliphatic heterocycles. The normalized spacial score (nSPS) is 12.5. The standard InChI is InChI=1S/C13H21NO4S/c1-13(2,11-14)9-8-12(15)7-5-3-4-6-10-19(16,17)18/h6,10H,3-5,7-9H2,1-2H3,(H,16,17,18)/b10-6+. The largest absolute Gasteiger partial charge is 0.300 e. The first-order valence-corrected chi connectivity index (χ1v) is 7.73. The minimum atomic E-state index is -4.03. The predicted octanol–water partition coefficient (Wildman–Crippen LogP) is 2.85. The van der Waals surface area contributed by atoms with E-state index < -0.39 is 15.5 Å². The maximum atomic E-state index is 11.5. The van der Waals surface area contributed by atoms with Gasteiger partial charge in [0.1, 0.15) is 5.78 Å². The minimum absolute atomic E-state index is 0.127. The fourth-order valence-corrected chi connectivity index (χ4v) is 1.79. The highest BCUT2D eigenvalue weighted by Gasteiger charge is 2.17. The zero-order valence-electron chi connectivity index (χ0n) is 11.4. The topological polar surface area (TPSA) is 95.2 Å². The molecule has 0 unspecified atom stereocenters. The molecule has 0 atom stereocenters. The van der Waals surface area contributed by atoms with Gasteiger partial charge in [0.25, 0.3) is 10.1 Å². The van der Waals surface area contributed by atoms with Crippen LogP contribution in [0.25, 0.3) is 0 Å². The van der Waals surface area contributed by atoms with E-state index in [1.807, 2.05) is 0 Å². The van der Waals surface area contributed by atoms with Gasteiger partial charge in [-0.1, -0.05) is 6.08 Å². The molecule has 0 aromatic carbocycles. The highest BCUT2D eigenvalue weighted by molar-refractivity contribution is 7.88. The van der Waals surface area contributed by atoms with Crippen LogP contribution >= 0.6 is 0 Å². The number of rotatable bonds is 9. The van der Waals surface area contributed by atoms with Gasteiger partial charge in [-0.3, -0.25) is 9.35 Å². The highest BCUT2D eigenvalue weighted by Crippen LogP contribution is 2.21. The van der Waals surface area contributed by atoms with Crippen LogP contribution in [-0.2, 0) is 14.9 Å². The molecule has 0 saturated carbocycles. The van der Waals surface area contributed by atoms with Crippen LogP contribution in [0.1, 0.15) is 52.4 Å². The Bertz CT molecular complexity index is 458. The molecular weight excluding hydrogens is 266 g/mol. The number of unbranched alkanes of at least 4 members (excludes halogenated alkanes) is 2. The van der Waals surface area contributed by atoms with Gasteiger partial charge in [0.15, 0.2) is 0 Å². The first-order chi connectivity index (χ1) is 8.66. The molecule has 108 valence electrons. The fourth-order valence-electron chi connectivity index (χ4n) is 1.41. The number of hydrogen-bond donors (Lipinski definition) is 1. The van der Waals surface area contributed by atoms with E-state index in [-0.39, 0.29) is 5.78 Å². The lowest BCUT2D eigenvalue weighted by molar-refractivity contribution is -0.119. The maximum absolute atomic E-state index is 11.5. The third kappa shape index (κ3) is 11.6. The molecule has 0 spiro atoms. The molecule has 5 nitrogen and oxygen atoms in total. The number of ketones is 1. The highest BCUT2D eigenvalue weighted by atomic mass is 32.2. The van der Waals surface area contributed by atoms with Crippen molar-refractivity contribution in [3.05, 3.63) is 11.5 Å². The first-order valence-electron chi connectivity index (χ1n) is 6.23. The van der Waals surface area contributed by atoms with Gasteiger partial charge in [0.2, 0.25) is 0 Å². The van der Waals surface area contributed by atoms with E-state index in [2.05, 4.69) is 6.07 Å². The van der Waals surface area contributed by atoms with Crippen LogP contribution in [0, 0.1) is 16.7 Å². The Morgan fingerprint density at radius 1 is 1.32 bits per heavy atom. The summed E-state index contributed by atoms with van der Waals surface area (Å²) >= 11 is 0. The van der Waals surface area contributed by atoms with Crippen molar-refractivity contribution in [1.29, 1.82) is 5.26 Å². The van der Waals surface area contributed by atoms with Crippen LogP contribution in [0.2, 0.25) is 0 Å². The van der Waals surface area contributed by atoms with Crippen LogP contribution in [0.4, 0.5) is 0 Å². The minimum Gasteiger partial charge on any atom is -0.300 e. The van der Waals surface area contributed by atoms with E-state index in [9.17, 15) is 13.2 Å². The molecule has 0 aromatic rings. The van der Waals surface area contributed by atoms with Crippen LogP contribution in [-0.4, -0.2) is 18.8 Å². The number of nitriles is 1. The summed E-state index contributed by atoms with van der Waals surface area (Å²) in [5.74, 6) is 0.127. The Labute approximate surface area is 115 Å². The van der Waals surface area contributed by atoms with E-state index in [0.717, 1.165) is 5.41 Å². The van der Waals surface area contributed by atoms with Gasteiger partial charge in [-0.15, -0.1) is 0 Å². The van der Waals surface area contributed by atoms with Gasteiger partial charge >= 0.3 is 0 Å². The van der Waals surface area contributed by atoms with Gasteiger partial charge in [-0.05, 0) is 39.5 Å². The molecule has 0 rings (SSSR count). The summed E-state index contributed by atoms with van der Waals surface area (Å²) in [6.07, 6.45) is 4.67. The van der Waals surface area contributed by atoms with Gasteiger partial charge in [-0.25, -0.2) is 0 Å². The van der Waals surface area contributed by atoms with E-state index in [4.69, 9.17) is 9.81 Å². The second-order valence-corrected chi connectivity index (χ2v) is 6.47. The van der Waals surface area contributed by atoms with Crippen molar-refractivity contribution >= 4 is 15.9 Å². The summed E-state index contributed by atoms with van der Waals surface area (Å²) < 4.78 is 29.2. The zero-order valence-corrected chi connectivity index (χ0v) is 12.2. The van der Waals surface area contributed by atoms with Crippen molar-refractivity contribution in [2.45, 2.75) is 52.4 Å². The number of Topliss-reactive ketones (excluding diaryl/α,β-unsaturated/α-hetero) is 1. The number of nitrogens with zero attached hydrogens (tertiary/aromatic N) is 1. The van der Waals surface area contributed by atoms with Gasteiger partial charge in [0.05, 0.1) is 16.9 Å². The van der Waals surface area contributed by atoms with Crippen LogP contribution in [0.3, 0.4) is 0 Å². The van der Waals surface area contributed by atoms with Crippen molar-refractivity contribution in [1.82, 2.24) is 0 Å². The van der Waals surface area contributed by atoms with E-state index >= 15 is 0 Å². The molecule has 1 N–H and O–H groups in total. The lowest BCUT2D eigenvalue weighted by Gasteiger charge is -2.13. The van der Waals surface area contributed by atoms with Crippen molar-refractivity contribution in [3.63, 3.8) is 0 Å². The van der Waals surface area contributed by atoms with Crippen LogP contribution in [0.5, 0.6) is 0 Å². The van der Waals surface area contributed by atoms with Crippen molar-refractivity contribution in [3.8, 4) is 6.07 Å². The average Bonchev–Trinajstić information content (AvgIpc) is 2.30. The third-order valence-electron chi connectivity index (χ3n) is 2.68. The number of allylic oxidation sites excluding steroid dienone is 1. The summed E-state index contributed by atoms with van der Waals surface area (Å²) in [5, 5.41) is 9.56. The summed E-state index contributed by atoms with van der Waals surface area (Å²) in [6.45, 7) is 3.61. The van der Waals surface area contributed by atoms with E-state index in [0.29, 0.717) is 38.5 Å². The molecule has 6 heteroatoms. The van der Waals surface area contributed by atoms with Gasteiger partial charge in [-0.2, -0.15) is 13.7 Å². The van der Waals surface area contributed by atoms with Crippen LogP contribution < -0.4 is 0 Å². The maximum Gasteiger partial charge on any atom is 0.287 e. The predicted molar refractivity (Wildman–Crippen MR) is 72.8 cm³/mol. The summed E-state index contributed by atoms with van der Waals surface area (Å²) in [7, 11) is -4.03. The Morgan fingerprint density at radius 3 is 2.47 bits per heavy atom. The van der Waals surface area contributed by atoms with Crippen LogP contribution in [0.15, 0.2) is 11.5 Å². The Morgan fingerprint density at radius 2 is 1.95 bits per heavy atom. The smallest absolute Gasteiger partial charge is 0.287 e. The summed E-state index contributed by atoms with van der Waals surface area (Å²) in [4.78, 5) is 11.5. The zero-order chi connectivity index (χ0) is 14.9. The first kappa shape index (κ1) is 17.8. The molecule has 0 aliphatic rings.